The number of benzene rings is 2. The van der Waals surface area contributed by atoms with E-state index in [1.807, 2.05) is 0 Å². The van der Waals surface area contributed by atoms with Gasteiger partial charge in [-0.15, -0.1) is 0 Å². The summed E-state index contributed by atoms with van der Waals surface area (Å²) in [5.41, 5.74) is 0.732. The summed E-state index contributed by atoms with van der Waals surface area (Å²) in [4.78, 5) is 24.8. The molecule has 0 aliphatic carbocycles. The Morgan fingerprint density at radius 3 is 2.26 bits per heavy atom. The van der Waals surface area contributed by atoms with E-state index in [-0.39, 0.29) is 16.6 Å². The highest BCUT2D eigenvalue weighted by molar-refractivity contribution is 7.89. The molecule has 2 rings (SSSR count). The molecule has 0 unspecified atom stereocenters. The first-order valence-electron chi connectivity index (χ1n) is 10.2. The van der Waals surface area contributed by atoms with Gasteiger partial charge >= 0.3 is 0 Å². The lowest BCUT2D eigenvalue weighted by atomic mass is 10.2. The Morgan fingerprint density at radius 1 is 1.03 bits per heavy atom. The molecule has 0 aliphatic heterocycles. The number of nitrogens with one attached hydrogen (secondary N) is 2. The lowest BCUT2D eigenvalue weighted by Gasteiger charge is -2.21. The van der Waals surface area contributed by atoms with Crippen LogP contribution < -0.4 is 15.4 Å². The first-order valence-corrected chi connectivity index (χ1v) is 11.6. The van der Waals surface area contributed by atoms with Gasteiger partial charge in [0.2, 0.25) is 15.9 Å². The van der Waals surface area contributed by atoms with E-state index in [2.05, 4.69) is 10.6 Å². The van der Waals surface area contributed by atoms with E-state index in [4.69, 9.17) is 4.74 Å². The Kier molecular flexibility index (Phi) is 8.58. The number of carbonyl (C=O) groups is 2. The van der Waals surface area contributed by atoms with Crippen molar-refractivity contribution in [2.24, 2.45) is 0 Å². The summed E-state index contributed by atoms with van der Waals surface area (Å²) < 4.78 is 32.9. The van der Waals surface area contributed by atoms with Gasteiger partial charge in [-0.2, -0.15) is 4.31 Å². The van der Waals surface area contributed by atoms with E-state index in [1.54, 1.807) is 64.1 Å². The molecule has 0 heterocycles. The molecule has 8 nitrogen and oxygen atoms in total. The predicted molar refractivity (Wildman–Crippen MR) is 120 cm³/mol. The number of amides is 2. The fourth-order valence-electron chi connectivity index (χ4n) is 2.95. The van der Waals surface area contributed by atoms with Crippen molar-refractivity contribution in [3.63, 3.8) is 0 Å². The molecule has 0 radical (unpaired) electrons. The molecule has 0 saturated carbocycles. The molecular formula is C22H29N3O5S. The standard InChI is InChI=1S/C22H29N3O5S/c1-5-25(6-2)31(28,29)20-15-18(13-14-19(20)30-7-3)24-21(26)16(4)23-22(27)17-11-9-8-10-12-17/h8-16H,5-7H2,1-4H3,(H,23,27)(H,24,26)/t16-/m0/s1. The van der Waals surface area contributed by atoms with E-state index in [0.717, 1.165) is 0 Å². The zero-order chi connectivity index (χ0) is 23.0. The predicted octanol–water partition coefficient (Wildman–Crippen LogP) is 2.87. The molecule has 1 atom stereocenters. The molecule has 9 heteroatoms. The second-order valence-corrected chi connectivity index (χ2v) is 8.64. The van der Waals surface area contributed by atoms with Crippen molar-refractivity contribution >= 4 is 27.5 Å². The molecule has 2 aromatic carbocycles. The largest absolute Gasteiger partial charge is 0.492 e. The van der Waals surface area contributed by atoms with Crippen molar-refractivity contribution in [2.75, 3.05) is 25.0 Å². The summed E-state index contributed by atoms with van der Waals surface area (Å²) >= 11 is 0. The van der Waals surface area contributed by atoms with Crippen molar-refractivity contribution in [3.8, 4) is 5.75 Å². The van der Waals surface area contributed by atoms with Gasteiger partial charge in [0, 0.05) is 24.3 Å². The van der Waals surface area contributed by atoms with E-state index >= 15 is 0 Å². The Balaban J connectivity index is 2.22. The lowest BCUT2D eigenvalue weighted by Crippen LogP contribution is -2.41. The van der Waals surface area contributed by atoms with Crippen molar-refractivity contribution in [1.82, 2.24) is 9.62 Å². The van der Waals surface area contributed by atoms with E-state index in [1.165, 1.54) is 16.4 Å². The molecule has 0 spiro atoms. The molecule has 168 valence electrons. The lowest BCUT2D eigenvalue weighted by molar-refractivity contribution is -0.117. The van der Waals surface area contributed by atoms with Gasteiger partial charge in [-0.05, 0) is 44.2 Å². The van der Waals surface area contributed by atoms with Gasteiger partial charge in [-0.25, -0.2) is 8.42 Å². The maximum atomic E-state index is 13.0. The van der Waals surface area contributed by atoms with Crippen LogP contribution >= 0.6 is 0 Å². The van der Waals surface area contributed by atoms with Crippen LogP contribution in [0.1, 0.15) is 38.1 Å². The number of hydrogen-bond donors (Lipinski definition) is 2. The van der Waals surface area contributed by atoms with Crippen LogP contribution in [-0.2, 0) is 14.8 Å². The van der Waals surface area contributed by atoms with Gasteiger partial charge in [-0.3, -0.25) is 9.59 Å². The third-order valence-electron chi connectivity index (χ3n) is 4.61. The zero-order valence-corrected chi connectivity index (χ0v) is 19.0. The Labute approximate surface area is 183 Å². The molecule has 0 aliphatic rings. The molecule has 2 amide bonds. The highest BCUT2D eigenvalue weighted by Crippen LogP contribution is 2.30. The van der Waals surface area contributed by atoms with Gasteiger partial charge < -0.3 is 15.4 Å². The minimum atomic E-state index is -3.80. The second-order valence-electron chi connectivity index (χ2n) is 6.73. The SMILES string of the molecule is CCOc1ccc(NC(=O)[C@H](C)NC(=O)c2ccccc2)cc1S(=O)(=O)N(CC)CC. The summed E-state index contributed by atoms with van der Waals surface area (Å²) in [5.74, 6) is -0.628. The molecule has 2 aromatic rings. The third-order valence-corrected chi connectivity index (χ3v) is 6.68. The molecule has 2 N–H and O–H groups in total. The average molecular weight is 448 g/mol. The first-order chi connectivity index (χ1) is 14.7. The summed E-state index contributed by atoms with van der Waals surface area (Å²) in [6, 6.07) is 12.2. The van der Waals surface area contributed by atoms with Crippen LogP contribution in [0.15, 0.2) is 53.4 Å². The highest BCUT2D eigenvalue weighted by atomic mass is 32.2. The number of nitrogens with zero attached hydrogens (tertiary/aromatic N) is 1. The number of anilines is 1. The van der Waals surface area contributed by atoms with Gasteiger partial charge in [0.25, 0.3) is 5.91 Å². The summed E-state index contributed by atoms with van der Waals surface area (Å²) in [6.45, 7) is 7.75. The minimum absolute atomic E-state index is 0.0168. The fourth-order valence-corrected chi connectivity index (χ4v) is 4.57. The number of rotatable bonds is 10. The van der Waals surface area contributed by atoms with Crippen LogP contribution in [0, 0.1) is 0 Å². The monoisotopic (exact) mass is 447 g/mol. The number of ether oxygens (including phenoxy) is 1. The van der Waals surface area contributed by atoms with Crippen LogP contribution in [0.4, 0.5) is 5.69 Å². The van der Waals surface area contributed by atoms with Crippen LogP contribution in [0.3, 0.4) is 0 Å². The fraction of sp³-hybridized carbons (Fsp3) is 0.364. The van der Waals surface area contributed by atoms with Crippen molar-refractivity contribution < 1.29 is 22.7 Å². The van der Waals surface area contributed by atoms with Crippen LogP contribution in [0.25, 0.3) is 0 Å². The summed E-state index contributed by atoms with van der Waals surface area (Å²) in [7, 11) is -3.80. The number of sulfonamides is 1. The Morgan fingerprint density at radius 2 is 1.68 bits per heavy atom. The molecule has 0 fully saturated rings. The van der Waals surface area contributed by atoms with Gasteiger partial charge in [0.1, 0.15) is 16.7 Å². The molecule has 31 heavy (non-hydrogen) atoms. The third kappa shape index (κ3) is 6.05. The Bertz CT molecular complexity index is 1010. The first kappa shape index (κ1) is 24.4. The maximum absolute atomic E-state index is 13.0. The Hall–Kier alpha value is -2.91. The van der Waals surface area contributed by atoms with Crippen LogP contribution in [-0.4, -0.2) is 50.3 Å². The number of carbonyl (C=O) groups excluding carboxylic acids is 2. The quantitative estimate of drug-likeness (QED) is 0.583. The molecule has 0 aromatic heterocycles. The van der Waals surface area contributed by atoms with Gasteiger partial charge in [0.05, 0.1) is 6.61 Å². The van der Waals surface area contributed by atoms with Gasteiger partial charge in [-0.1, -0.05) is 32.0 Å². The summed E-state index contributed by atoms with van der Waals surface area (Å²) in [6.07, 6.45) is 0. The zero-order valence-electron chi connectivity index (χ0n) is 18.2. The van der Waals surface area contributed by atoms with E-state index in [9.17, 15) is 18.0 Å². The van der Waals surface area contributed by atoms with Crippen molar-refractivity contribution in [3.05, 3.63) is 54.1 Å². The van der Waals surface area contributed by atoms with E-state index < -0.39 is 22.0 Å². The minimum Gasteiger partial charge on any atom is -0.492 e. The number of hydrogen-bond acceptors (Lipinski definition) is 5. The normalized spacial score (nSPS) is 12.3. The molecular weight excluding hydrogens is 418 g/mol. The molecule has 0 bridgehead atoms. The topological polar surface area (TPSA) is 105 Å². The average Bonchev–Trinajstić information content (AvgIpc) is 2.76. The highest BCUT2D eigenvalue weighted by Gasteiger charge is 2.27. The van der Waals surface area contributed by atoms with E-state index in [0.29, 0.717) is 30.9 Å². The summed E-state index contributed by atoms with van der Waals surface area (Å²) in [5, 5.41) is 5.29. The second kappa shape index (κ2) is 10.9. The van der Waals surface area contributed by atoms with Crippen LogP contribution in [0.5, 0.6) is 5.75 Å². The van der Waals surface area contributed by atoms with Crippen LogP contribution in [0.2, 0.25) is 0 Å². The van der Waals surface area contributed by atoms with Gasteiger partial charge in [0.15, 0.2) is 0 Å². The smallest absolute Gasteiger partial charge is 0.251 e. The molecule has 0 saturated heterocycles. The maximum Gasteiger partial charge on any atom is 0.251 e. The van der Waals surface area contributed by atoms with Crippen molar-refractivity contribution in [1.29, 1.82) is 0 Å². The van der Waals surface area contributed by atoms with Crippen molar-refractivity contribution in [2.45, 2.75) is 38.6 Å².